The fourth-order valence-electron chi connectivity index (χ4n) is 3.24. The molecule has 1 atom stereocenters. The van der Waals surface area contributed by atoms with Crippen LogP contribution in [0.5, 0.6) is 0 Å². The second-order valence-corrected chi connectivity index (χ2v) is 6.13. The molecule has 0 spiro atoms. The Morgan fingerprint density at radius 3 is 2.76 bits per heavy atom. The maximum atomic E-state index is 12.5. The second kappa shape index (κ2) is 6.36. The molecule has 1 fully saturated rings. The van der Waals surface area contributed by atoms with Gasteiger partial charge in [0.25, 0.3) is 0 Å². The molecule has 3 aromatic rings. The lowest BCUT2D eigenvalue weighted by Gasteiger charge is -2.19. The number of carbonyl (C=O) groups is 2. The summed E-state index contributed by atoms with van der Waals surface area (Å²) >= 11 is 0. The maximum absolute atomic E-state index is 12.5. The zero-order valence-electron chi connectivity index (χ0n) is 13.6. The van der Waals surface area contributed by atoms with E-state index in [1.807, 2.05) is 42.5 Å². The Hall–Kier alpha value is -3.21. The number of nitrogens with zero attached hydrogens (tertiary/aromatic N) is 2. The van der Waals surface area contributed by atoms with E-state index in [0.717, 1.165) is 16.5 Å². The van der Waals surface area contributed by atoms with Gasteiger partial charge in [-0.15, -0.1) is 0 Å². The van der Waals surface area contributed by atoms with E-state index in [2.05, 4.69) is 10.3 Å². The summed E-state index contributed by atoms with van der Waals surface area (Å²) in [6.07, 6.45) is 3.46. The molecule has 25 heavy (non-hydrogen) atoms. The molecule has 0 radical (unpaired) electrons. The zero-order chi connectivity index (χ0) is 17.2. The normalized spacial score (nSPS) is 17.0. The zero-order valence-corrected chi connectivity index (χ0v) is 13.6. The van der Waals surface area contributed by atoms with Crippen LogP contribution in [0.4, 0.5) is 11.4 Å². The number of benzene rings is 2. The molecule has 5 heteroatoms. The molecule has 1 aromatic heterocycles. The molecule has 0 unspecified atom stereocenters. The average molecular weight is 331 g/mol. The van der Waals surface area contributed by atoms with Crippen LogP contribution < -0.4 is 10.2 Å². The Balaban J connectivity index is 1.57. The van der Waals surface area contributed by atoms with E-state index in [1.54, 1.807) is 29.4 Å². The Bertz CT molecular complexity index is 935. The lowest BCUT2D eigenvalue weighted by atomic mass is 10.1. The Labute approximate surface area is 145 Å². The summed E-state index contributed by atoms with van der Waals surface area (Å²) in [7, 11) is 0. The van der Waals surface area contributed by atoms with Crippen molar-refractivity contribution in [1.29, 1.82) is 0 Å². The third-order valence-corrected chi connectivity index (χ3v) is 4.48. The largest absolute Gasteiger partial charge is 0.324 e. The summed E-state index contributed by atoms with van der Waals surface area (Å²) in [5.41, 5.74) is 1.50. The van der Waals surface area contributed by atoms with Crippen LogP contribution >= 0.6 is 0 Å². The van der Waals surface area contributed by atoms with Gasteiger partial charge in [0.05, 0.1) is 23.5 Å². The van der Waals surface area contributed by atoms with Gasteiger partial charge in [-0.05, 0) is 23.6 Å². The smallest absolute Gasteiger partial charge is 0.229 e. The van der Waals surface area contributed by atoms with Gasteiger partial charge >= 0.3 is 0 Å². The monoisotopic (exact) mass is 331 g/mol. The van der Waals surface area contributed by atoms with Crippen LogP contribution in [0, 0.1) is 5.92 Å². The molecule has 1 N–H and O–H groups in total. The number of pyridine rings is 1. The Morgan fingerprint density at radius 1 is 1.08 bits per heavy atom. The molecule has 1 aliphatic heterocycles. The van der Waals surface area contributed by atoms with Gasteiger partial charge in [0.1, 0.15) is 0 Å². The van der Waals surface area contributed by atoms with Crippen molar-refractivity contribution < 1.29 is 9.59 Å². The lowest BCUT2D eigenvalue weighted by Crippen LogP contribution is -2.28. The molecule has 2 aromatic carbocycles. The number of fused-ring (bicyclic) bond motifs is 1. The van der Waals surface area contributed by atoms with Crippen LogP contribution in [0.1, 0.15) is 6.42 Å². The van der Waals surface area contributed by atoms with Gasteiger partial charge in [0.15, 0.2) is 0 Å². The summed E-state index contributed by atoms with van der Waals surface area (Å²) in [5.74, 6) is -0.543. The fourth-order valence-corrected chi connectivity index (χ4v) is 3.24. The Morgan fingerprint density at radius 2 is 1.92 bits per heavy atom. The number of rotatable bonds is 3. The van der Waals surface area contributed by atoms with Gasteiger partial charge in [-0.3, -0.25) is 14.6 Å². The summed E-state index contributed by atoms with van der Waals surface area (Å²) in [6.45, 7) is 0.388. The number of nitrogens with one attached hydrogen (secondary N) is 1. The molecule has 4 rings (SSSR count). The predicted molar refractivity (Wildman–Crippen MR) is 97.3 cm³/mol. The van der Waals surface area contributed by atoms with E-state index in [4.69, 9.17) is 0 Å². The number of carbonyl (C=O) groups excluding carboxylic acids is 2. The molecule has 0 bridgehead atoms. The summed E-state index contributed by atoms with van der Waals surface area (Å²) in [4.78, 5) is 30.7. The minimum absolute atomic E-state index is 0.0253. The van der Waals surface area contributed by atoms with E-state index in [9.17, 15) is 9.59 Å². The minimum atomic E-state index is -0.369. The topological polar surface area (TPSA) is 62.3 Å². The number of hydrogen-bond acceptors (Lipinski definition) is 3. The first-order chi connectivity index (χ1) is 12.2. The standard InChI is InChI=1S/C20H17N3O2/c24-19-11-15(20(25)22-16-7-4-10-21-12-16)13-23(19)18-9-3-6-14-5-1-2-8-17(14)18/h1-10,12,15H,11,13H2,(H,22,25)/t15-/m0/s1. The number of aromatic nitrogens is 1. The van der Waals surface area contributed by atoms with Gasteiger partial charge in [-0.1, -0.05) is 36.4 Å². The first-order valence-corrected chi connectivity index (χ1v) is 8.21. The molecule has 2 heterocycles. The highest BCUT2D eigenvalue weighted by Gasteiger charge is 2.35. The fraction of sp³-hybridized carbons (Fsp3) is 0.150. The van der Waals surface area contributed by atoms with Gasteiger partial charge in [-0.25, -0.2) is 0 Å². The predicted octanol–water partition coefficient (Wildman–Crippen LogP) is 3.23. The second-order valence-electron chi connectivity index (χ2n) is 6.13. The highest BCUT2D eigenvalue weighted by atomic mass is 16.2. The minimum Gasteiger partial charge on any atom is -0.324 e. The van der Waals surface area contributed by atoms with Crippen molar-refractivity contribution in [2.75, 3.05) is 16.8 Å². The molecule has 1 aliphatic rings. The molecular weight excluding hydrogens is 314 g/mol. The van der Waals surface area contributed by atoms with Crippen molar-refractivity contribution in [3.05, 3.63) is 67.0 Å². The molecule has 5 nitrogen and oxygen atoms in total. The maximum Gasteiger partial charge on any atom is 0.229 e. The first-order valence-electron chi connectivity index (χ1n) is 8.21. The number of anilines is 2. The highest BCUT2D eigenvalue weighted by molar-refractivity contribution is 6.08. The van der Waals surface area contributed by atoms with Gasteiger partial charge in [-0.2, -0.15) is 0 Å². The highest BCUT2D eigenvalue weighted by Crippen LogP contribution is 2.32. The van der Waals surface area contributed by atoms with Crippen molar-refractivity contribution in [3.63, 3.8) is 0 Å². The molecule has 0 saturated carbocycles. The summed E-state index contributed by atoms with van der Waals surface area (Å²) < 4.78 is 0. The SMILES string of the molecule is O=C(Nc1cccnc1)[C@H]1CC(=O)N(c2cccc3ccccc23)C1. The van der Waals surface area contributed by atoms with Crippen LogP contribution in [0.15, 0.2) is 67.0 Å². The summed E-state index contributed by atoms with van der Waals surface area (Å²) in [6, 6.07) is 17.4. The van der Waals surface area contributed by atoms with Crippen molar-refractivity contribution in [1.82, 2.24) is 4.98 Å². The van der Waals surface area contributed by atoms with Crippen LogP contribution in [0.3, 0.4) is 0 Å². The van der Waals surface area contributed by atoms with E-state index in [1.165, 1.54) is 0 Å². The first kappa shape index (κ1) is 15.3. The van der Waals surface area contributed by atoms with E-state index < -0.39 is 0 Å². The van der Waals surface area contributed by atoms with Gasteiger partial charge in [0, 0.05) is 24.5 Å². The molecule has 1 saturated heterocycles. The van der Waals surface area contributed by atoms with Crippen molar-refractivity contribution in [3.8, 4) is 0 Å². The van der Waals surface area contributed by atoms with E-state index >= 15 is 0 Å². The third kappa shape index (κ3) is 2.96. The average Bonchev–Trinajstić information content (AvgIpc) is 3.04. The quantitative estimate of drug-likeness (QED) is 0.801. The number of hydrogen-bond donors (Lipinski definition) is 1. The van der Waals surface area contributed by atoms with Crippen LogP contribution in [-0.4, -0.2) is 23.3 Å². The lowest BCUT2D eigenvalue weighted by molar-refractivity contribution is -0.122. The third-order valence-electron chi connectivity index (χ3n) is 4.48. The molecular formula is C20H17N3O2. The van der Waals surface area contributed by atoms with Gasteiger partial charge in [0.2, 0.25) is 11.8 Å². The Kier molecular flexibility index (Phi) is 3.90. The van der Waals surface area contributed by atoms with Crippen LogP contribution in [0.2, 0.25) is 0 Å². The van der Waals surface area contributed by atoms with Crippen molar-refractivity contribution in [2.24, 2.45) is 5.92 Å². The molecule has 0 aliphatic carbocycles. The van der Waals surface area contributed by atoms with Crippen LogP contribution in [-0.2, 0) is 9.59 Å². The van der Waals surface area contributed by atoms with Crippen LogP contribution in [0.25, 0.3) is 10.8 Å². The molecule has 124 valence electrons. The van der Waals surface area contributed by atoms with Crippen molar-refractivity contribution >= 4 is 34.0 Å². The van der Waals surface area contributed by atoms with E-state index in [-0.39, 0.29) is 24.2 Å². The number of amides is 2. The van der Waals surface area contributed by atoms with Gasteiger partial charge < -0.3 is 10.2 Å². The summed E-state index contributed by atoms with van der Waals surface area (Å²) in [5, 5.41) is 4.93. The molecule has 2 amide bonds. The van der Waals surface area contributed by atoms with E-state index in [0.29, 0.717) is 12.2 Å². The van der Waals surface area contributed by atoms with Crippen molar-refractivity contribution in [2.45, 2.75) is 6.42 Å².